The van der Waals surface area contributed by atoms with Crippen LogP contribution in [0.25, 0.3) is 0 Å². The summed E-state index contributed by atoms with van der Waals surface area (Å²) in [4.78, 5) is 19.5. The highest BCUT2D eigenvalue weighted by molar-refractivity contribution is 5.95. The van der Waals surface area contributed by atoms with Gasteiger partial charge in [0.2, 0.25) is 0 Å². The highest BCUT2D eigenvalue weighted by Crippen LogP contribution is 2.26. The summed E-state index contributed by atoms with van der Waals surface area (Å²) in [6.45, 7) is 5.05. The molecule has 5 nitrogen and oxygen atoms in total. The fourth-order valence-corrected chi connectivity index (χ4v) is 4.18. The monoisotopic (exact) mass is 345 g/mol. The Morgan fingerprint density at radius 3 is 2.60 bits per heavy atom. The highest BCUT2D eigenvalue weighted by Gasteiger charge is 2.31. The maximum absolute atomic E-state index is 13.0. The number of hydrogen-bond acceptors (Lipinski definition) is 4. The van der Waals surface area contributed by atoms with Crippen molar-refractivity contribution in [3.63, 3.8) is 0 Å². The molecule has 0 radical (unpaired) electrons. The number of hydrogen-bond donors (Lipinski definition) is 1. The molecule has 138 valence electrons. The molecule has 3 rings (SSSR count). The van der Waals surface area contributed by atoms with Gasteiger partial charge in [-0.05, 0) is 62.4 Å². The van der Waals surface area contributed by atoms with Crippen LogP contribution in [-0.2, 0) is 0 Å². The lowest BCUT2D eigenvalue weighted by molar-refractivity contribution is 0.0465. The van der Waals surface area contributed by atoms with E-state index in [1.54, 1.807) is 0 Å². The molecule has 0 bridgehead atoms. The van der Waals surface area contributed by atoms with Gasteiger partial charge < -0.3 is 19.8 Å². The van der Waals surface area contributed by atoms with E-state index in [1.807, 2.05) is 48.2 Å². The van der Waals surface area contributed by atoms with Crippen molar-refractivity contribution in [2.45, 2.75) is 19.3 Å². The molecular formula is C20H31N3O2. The highest BCUT2D eigenvalue weighted by atomic mass is 16.3. The van der Waals surface area contributed by atoms with Crippen LogP contribution in [0.2, 0.25) is 0 Å². The zero-order valence-corrected chi connectivity index (χ0v) is 15.5. The molecule has 0 saturated carbocycles. The molecule has 1 aromatic carbocycles. The van der Waals surface area contributed by atoms with E-state index in [0.717, 1.165) is 30.8 Å². The summed E-state index contributed by atoms with van der Waals surface area (Å²) in [6.07, 6.45) is 3.60. The summed E-state index contributed by atoms with van der Waals surface area (Å²) in [5.41, 5.74) is 1.78. The quantitative estimate of drug-likeness (QED) is 0.886. The van der Waals surface area contributed by atoms with Gasteiger partial charge in [-0.2, -0.15) is 0 Å². The van der Waals surface area contributed by atoms with Crippen LogP contribution in [0.1, 0.15) is 29.6 Å². The molecule has 0 spiro atoms. The summed E-state index contributed by atoms with van der Waals surface area (Å²) in [5, 5.41) is 9.70. The second-order valence-electron chi connectivity index (χ2n) is 7.81. The van der Waals surface area contributed by atoms with Crippen molar-refractivity contribution in [2.24, 2.45) is 11.8 Å². The Labute approximate surface area is 151 Å². The first-order valence-electron chi connectivity index (χ1n) is 9.46. The van der Waals surface area contributed by atoms with E-state index < -0.39 is 0 Å². The normalized spacial score (nSPS) is 24.5. The van der Waals surface area contributed by atoms with E-state index in [2.05, 4.69) is 4.90 Å². The number of benzene rings is 1. The number of aliphatic hydroxyl groups excluding tert-OH is 1. The summed E-state index contributed by atoms with van der Waals surface area (Å²) < 4.78 is 0. The van der Waals surface area contributed by atoms with Gasteiger partial charge in [-0.15, -0.1) is 0 Å². The summed E-state index contributed by atoms with van der Waals surface area (Å²) >= 11 is 0. The average Bonchev–Trinajstić information content (AvgIpc) is 3.13. The number of nitrogens with zero attached hydrogens (tertiary/aromatic N) is 3. The molecule has 1 amide bonds. The second kappa shape index (κ2) is 8.19. The third-order valence-electron chi connectivity index (χ3n) is 5.49. The predicted molar refractivity (Wildman–Crippen MR) is 101 cm³/mol. The Bertz CT molecular complexity index is 584. The van der Waals surface area contributed by atoms with Gasteiger partial charge in [-0.1, -0.05) is 6.07 Å². The molecule has 2 atom stereocenters. The largest absolute Gasteiger partial charge is 0.396 e. The number of likely N-dealkylation sites (tertiary alicyclic amines) is 2. The Hall–Kier alpha value is -1.59. The number of carbonyl (C=O) groups is 1. The third-order valence-corrected chi connectivity index (χ3v) is 5.49. The van der Waals surface area contributed by atoms with Crippen molar-refractivity contribution in [2.75, 3.05) is 58.3 Å². The topological polar surface area (TPSA) is 47.0 Å². The fourth-order valence-electron chi connectivity index (χ4n) is 4.18. The molecule has 0 unspecified atom stereocenters. The molecule has 25 heavy (non-hydrogen) atoms. The first-order chi connectivity index (χ1) is 12.1. The summed E-state index contributed by atoms with van der Waals surface area (Å²) in [6, 6.07) is 7.81. The van der Waals surface area contributed by atoms with Crippen molar-refractivity contribution in [3.05, 3.63) is 29.8 Å². The number of piperidine rings is 1. The predicted octanol–water partition coefficient (Wildman–Crippen LogP) is 1.92. The molecule has 5 heteroatoms. The van der Waals surface area contributed by atoms with E-state index in [4.69, 9.17) is 0 Å². The van der Waals surface area contributed by atoms with E-state index in [1.165, 1.54) is 25.9 Å². The molecule has 2 fully saturated rings. The van der Waals surface area contributed by atoms with Crippen molar-refractivity contribution in [1.82, 2.24) is 9.80 Å². The number of amides is 1. The Morgan fingerprint density at radius 1 is 1.20 bits per heavy atom. The van der Waals surface area contributed by atoms with Crippen LogP contribution in [0.5, 0.6) is 0 Å². The number of aliphatic hydroxyl groups is 1. The molecule has 2 aliphatic heterocycles. The maximum Gasteiger partial charge on any atom is 0.253 e. The van der Waals surface area contributed by atoms with Crippen LogP contribution in [0, 0.1) is 11.8 Å². The molecule has 0 aliphatic carbocycles. The van der Waals surface area contributed by atoms with Crippen molar-refractivity contribution >= 4 is 11.6 Å². The molecule has 1 N–H and O–H groups in total. The van der Waals surface area contributed by atoms with Gasteiger partial charge in [0, 0.05) is 51.6 Å². The standard InChI is InChI=1S/C20H31N3O2/c1-21(2)19-7-5-6-18(11-19)20(25)23-13-16(10-17(14-23)15-24)12-22-8-3-4-9-22/h5-7,11,16-17,24H,3-4,8-10,12-15H2,1-2H3/t16-,17-/m0/s1. The van der Waals surface area contributed by atoms with Crippen LogP contribution in [0.3, 0.4) is 0 Å². The van der Waals surface area contributed by atoms with Gasteiger partial charge in [0.1, 0.15) is 0 Å². The Kier molecular flexibility index (Phi) is 5.97. The zero-order chi connectivity index (χ0) is 17.8. The summed E-state index contributed by atoms with van der Waals surface area (Å²) in [5.74, 6) is 0.751. The zero-order valence-electron chi connectivity index (χ0n) is 15.5. The Balaban J connectivity index is 1.70. The van der Waals surface area contributed by atoms with Gasteiger partial charge in [-0.3, -0.25) is 4.79 Å². The van der Waals surface area contributed by atoms with Crippen LogP contribution in [0.4, 0.5) is 5.69 Å². The SMILES string of the molecule is CN(C)c1cccc(C(=O)N2C[C@@H](CO)C[C@@H](CN3CCCC3)C2)c1. The van der Waals surface area contributed by atoms with Gasteiger partial charge >= 0.3 is 0 Å². The first kappa shape index (κ1) is 18.2. The molecule has 0 aromatic heterocycles. The minimum Gasteiger partial charge on any atom is -0.396 e. The minimum absolute atomic E-state index is 0.0910. The van der Waals surface area contributed by atoms with E-state index in [0.29, 0.717) is 12.5 Å². The molecule has 2 heterocycles. The van der Waals surface area contributed by atoms with E-state index in [9.17, 15) is 9.90 Å². The number of rotatable bonds is 5. The lowest BCUT2D eigenvalue weighted by Crippen LogP contribution is -2.47. The second-order valence-corrected chi connectivity index (χ2v) is 7.81. The van der Waals surface area contributed by atoms with E-state index >= 15 is 0 Å². The molecule has 1 aromatic rings. The van der Waals surface area contributed by atoms with Crippen LogP contribution in [0.15, 0.2) is 24.3 Å². The minimum atomic E-state index is 0.0910. The smallest absolute Gasteiger partial charge is 0.253 e. The van der Waals surface area contributed by atoms with Crippen LogP contribution >= 0.6 is 0 Å². The third kappa shape index (κ3) is 4.53. The van der Waals surface area contributed by atoms with Gasteiger partial charge in [0.25, 0.3) is 5.91 Å². The van der Waals surface area contributed by atoms with Gasteiger partial charge in [0.15, 0.2) is 0 Å². The summed E-state index contributed by atoms with van der Waals surface area (Å²) in [7, 11) is 3.97. The molecular weight excluding hydrogens is 314 g/mol. The maximum atomic E-state index is 13.0. The molecule has 2 saturated heterocycles. The van der Waals surface area contributed by atoms with E-state index in [-0.39, 0.29) is 18.4 Å². The van der Waals surface area contributed by atoms with Gasteiger partial charge in [-0.25, -0.2) is 0 Å². The first-order valence-corrected chi connectivity index (χ1v) is 9.46. The van der Waals surface area contributed by atoms with Gasteiger partial charge in [0.05, 0.1) is 0 Å². The average molecular weight is 345 g/mol. The number of anilines is 1. The van der Waals surface area contributed by atoms with Crippen LogP contribution < -0.4 is 4.90 Å². The lowest BCUT2D eigenvalue weighted by atomic mass is 9.88. The fraction of sp³-hybridized carbons (Fsp3) is 0.650. The molecule has 2 aliphatic rings. The number of carbonyl (C=O) groups excluding carboxylic acids is 1. The van der Waals surface area contributed by atoms with Crippen molar-refractivity contribution in [3.8, 4) is 0 Å². The van der Waals surface area contributed by atoms with Crippen molar-refractivity contribution < 1.29 is 9.90 Å². The lowest BCUT2D eigenvalue weighted by Gasteiger charge is -2.38. The van der Waals surface area contributed by atoms with Crippen molar-refractivity contribution in [1.29, 1.82) is 0 Å². The van der Waals surface area contributed by atoms with Crippen LogP contribution in [-0.4, -0.2) is 74.2 Å². The Morgan fingerprint density at radius 2 is 1.92 bits per heavy atom.